The highest BCUT2D eigenvalue weighted by Gasteiger charge is 2.30. The number of nitrogens with zero attached hydrogens (tertiary/aromatic N) is 3. The van der Waals surface area contributed by atoms with Crippen LogP contribution in [0.2, 0.25) is 0 Å². The zero-order chi connectivity index (χ0) is 21.3. The summed E-state index contributed by atoms with van der Waals surface area (Å²) in [5.41, 5.74) is 9.89. The van der Waals surface area contributed by atoms with Gasteiger partial charge in [-0.15, -0.1) is 10.2 Å². The minimum absolute atomic E-state index is 0.0199. The molecule has 154 valence electrons. The number of ether oxygens (including phenoxy) is 1. The van der Waals surface area contributed by atoms with E-state index in [-0.39, 0.29) is 12.7 Å². The normalized spacial score (nSPS) is 18.1. The second-order valence-corrected chi connectivity index (χ2v) is 8.05. The topological polar surface area (TPSA) is 98.8 Å². The van der Waals surface area contributed by atoms with Crippen molar-refractivity contribution < 1.29 is 14.3 Å². The first kappa shape index (κ1) is 20.1. The summed E-state index contributed by atoms with van der Waals surface area (Å²) in [4.78, 5) is 3.55. The van der Waals surface area contributed by atoms with E-state index in [1.807, 2.05) is 26.0 Å². The Morgan fingerprint density at radius 3 is 2.53 bits per heavy atom. The molecular formula is C23H24N4O3. The Labute approximate surface area is 175 Å². The molecule has 0 unspecified atom stereocenters. The van der Waals surface area contributed by atoms with Gasteiger partial charge in [-0.2, -0.15) is 0 Å². The van der Waals surface area contributed by atoms with Crippen LogP contribution in [0.15, 0.2) is 40.8 Å². The van der Waals surface area contributed by atoms with Crippen LogP contribution < -0.4 is 10.5 Å². The number of rotatable bonds is 5. The number of hydrogen-bond donors (Lipinski definition) is 2. The van der Waals surface area contributed by atoms with E-state index in [2.05, 4.69) is 21.1 Å². The molecule has 7 nitrogen and oxygen atoms in total. The lowest BCUT2D eigenvalue weighted by atomic mass is 9.78. The molecule has 4 rings (SSSR count). The summed E-state index contributed by atoms with van der Waals surface area (Å²) in [7, 11) is 0. The Balaban J connectivity index is 1.63. The zero-order valence-corrected chi connectivity index (χ0v) is 17.1. The first-order valence-electron chi connectivity index (χ1n) is 9.95. The first-order valence-corrected chi connectivity index (χ1v) is 9.95. The van der Waals surface area contributed by atoms with Crippen molar-refractivity contribution in [2.75, 3.05) is 6.61 Å². The molecule has 30 heavy (non-hydrogen) atoms. The molecule has 2 aromatic carbocycles. The van der Waals surface area contributed by atoms with Crippen molar-refractivity contribution in [1.29, 1.82) is 0 Å². The van der Waals surface area contributed by atoms with Crippen molar-refractivity contribution in [2.45, 2.75) is 44.8 Å². The van der Waals surface area contributed by atoms with Crippen LogP contribution in [0, 0.1) is 6.57 Å². The van der Waals surface area contributed by atoms with Crippen LogP contribution in [-0.2, 0) is 12.8 Å². The van der Waals surface area contributed by atoms with Crippen LogP contribution in [-0.4, -0.2) is 33.6 Å². The quantitative estimate of drug-likeness (QED) is 0.626. The van der Waals surface area contributed by atoms with Crippen molar-refractivity contribution in [3.63, 3.8) is 0 Å². The van der Waals surface area contributed by atoms with Gasteiger partial charge in [-0.05, 0) is 74.6 Å². The van der Waals surface area contributed by atoms with Gasteiger partial charge in [-0.3, -0.25) is 0 Å². The number of benzene rings is 2. The van der Waals surface area contributed by atoms with Gasteiger partial charge in [0.1, 0.15) is 5.75 Å². The Hall–Kier alpha value is -3.21. The third-order valence-electron chi connectivity index (χ3n) is 5.32. The van der Waals surface area contributed by atoms with Crippen molar-refractivity contribution in [2.24, 2.45) is 5.73 Å². The van der Waals surface area contributed by atoms with Crippen LogP contribution in [0.1, 0.15) is 31.4 Å². The van der Waals surface area contributed by atoms with Crippen LogP contribution in [0.3, 0.4) is 0 Å². The van der Waals surface area contributed by atoms with Gasteiger partial charge in [-0.25, -0.2) is 4.85 Å². The minimum Gasteiger partial charge on any atom is -0.502 e. The van der Waals surface area contributed by atoms with Gasteiger partial charge in [-0.1, -0.05) is 6.07 Å². The molecule has 7 heteroatoms. The predicted molar refractivity (Wildman–Crippen MR) is 113 cm³/mol. The fourth-order valence-electron chi connectivity index (χ4n) is 3.70. The fraction of sp³-hybridized carbons (Fsp3) is 0.348. The molecule has 1 atom stereocenters. The number of aliphatic hydroxyl groups excluding tert-OH is 1. The molecule has 0 fully saturated rings. The van der Waals surface area contributed by atoms with E-state index in [0.29, 0.717) is 35.2 Å². The van der Waals surface area contributed by atoms with Gasteiger partial charge in [0.2, 0.25) is 17.5 Å². The van der Waals surface area contributed by atoms with E-state index < -0.39 is 5.54 Å². The Morgan fingerprint density at radius 1 is 1.17 bits per heavy atom. The maximum Gasteiger partial charge on any atom is 0.248 e. The van der Waals surface area contributed by atoms with E-state index in [1.165, 1.54) is 5.56 Å². The van der Waals surface area contributed by atoms with E-state index >= 15 is 0 Å². The fourth-order valence-corrected chi connectivity index (χ4v) is 3.70. The summed E-state index contributed by atoms with van der Waals surface area (Å²) >= 11 is 0. The van der Waals surface area contributed by atoms with Crippen LogP contribution >= 0.6 is 0 Å². The number of nitrogens with two attached hydrogens (primary N) is 1. The van der Waals surface area contributed by atoms with Crippen molar-refractivity contribution in [3.05, 3.63) is 58.9 Å². The average molecular weight is 404 g/mol. The molecule has 3 aromatic rings. The number of aryl methyl sites for hydroxylation is 1. The van der Waals surface area contributed by atoms with E-state index in [1.54, 1.807) is 18.2 Å². The molecule has 0 amide bonds. The smallest absolute Gasteiger partial charge is 0.248 e. The lowest BCUT2D eigenvalue weighted by Gasteiger charge is -2.33. The SMILES string of the molecule is [C-]#[N+]c1cc(-c2nnc(-c3ccc4c(c3)C[C@](N)(CO)CC4)o2)ccc1OC(C)C. The van der Waals surface area contributed by atoms with Gasteiger partial charge in [0, 0.05) is 16.7 Å². The molecular weight excluding hydrogens is 380 g/mol. The van der Waals surface area contributed by atoms with Gasteiger partial charge in [0.15, 0.2) is 0 Å². The number of aliphatic hydroxyl groups is 1. The Bertz CT molecular complexity index is 1120. The standard InChI is InChI=1S/C23H24N4O3/c1-14(2)29-20-7-6-17(11-19(20)25-3)22-27-26-21(30-22)16-5-4-15-8-9-23(24,13-28)12-18(15)10-16/h4-7,10-11,14,28H,8-9,12-13,24H2,1-2H3/t23-/m0/s1. The second-order valence-electron chi connectivity index (χ2n) is 8.05. The molecule has 1 aliphatic carbocycles. The van der Waals surface area contributed by atoms with Gasteiger partial charge in [0.05, 0.1) is 19.3 Å². The summed E-state index contributed by atoms with van der Waals surface area (Å²) in [6.07, 6.45) is 2.19. The predicted octanol–water partition coefficient (Wildman–Crippen LogP) is 3.92. The molecule has 0 spiro atoms. The van der Waals surface area contributed by atoms with Crippen molar-refractivity contribution in [1.82, 2.24) is 10.2 Å². The molecule has 0 bridgehead atoms. The third-order valence-corrected chi connectivity index (χ3v) is 5.32. The molecule has 0 saturated carbocycles. The van der Waals surface area contributed by atoms with E-state index in [9.17, 15) is 5.11 Å². The van der Waals surface area contributed by atoms with E-state index in [4.69, 9.17) is 21.5 Å². The van der Waals surface area contributed by atoms with Crippen molar-refractivity contribution >= 4 is 5.69 Å². The van der Waals surface area contributed by atoms with Crippen molar-refractivity contribution in [3.8, 4) is 28.7 Å². The molecule has 1 heterocycles. The Morgan fingerprint density at radius 2 is 1.87 bits per heavy atom. The maximum atomic E-state index is 9.61. The summed E-state index contributed by atoms with van der Waals surface area (Å²) in [6.45, 7) is 11.2. The maximum absolute atomic E-state index is 9.61. The molecule has 0 radical (unpaired) electrons. The summed E-state index contributed by atoms with van der Waals surface area (Å²) in [5.74, 6) is 1.27. The monoisotopic (exact) mass is 404 g/mol. The highest BCUT2D eigenvalue weighted by atomic mass is 16.5. The molecule has 0 aliphatic heterocycles. The number of aromatic nitrogens is 2. The minimum atomic E-state index is -0.582. The molecule has 1 aromatic heterocycles. The number of hydrogen-bond acceptors (Lipinski definition) is 6. The number of fused-ring (bicyclic) bond motifs is 1. The summed E-state index contributed by atoms with van der Waals surface area (Å²) in [5, 5.41) is 18.0. The van der Waals surface area contributed by atoms with Crippen LogP contribution in [0.25, 0.3) is 27.8 Å². The zero-order valence-electron chi connectivity index (χ0n) is 17.1. The summed E-state index contributed by atoms with van der Waals surface area (Å²) in [6, 6.07) is 11.3. The van der Waals surface area contributed by atoms with Gasteiger partial charge < -0.3 is 20.0 Å². The third kappa shape index (κ3) is 3.92. The first-order chi connectivity index (χ1) is 14.4. The molecule has 3 N–H and O–H groups in total. The highest BCUT2D eigenvalue weighted by Crippen LogP contribution is 2.35. The van der Waals surface area contributed by atoms with Gasteiger partial charge >= 0.3 is 0 Å². The average Bonchev–Trinajstić information content (AvgIpc) is 3.23. The van der Waals surface area contributed by atoms with Gasteiger partial charge in [0.25, 0.3) is 0 Å². The highest BCUT2D eigenvalue weighted by molar-refractivity contribution is 5.69. The Kier molecular flexibility index (Phi) is 5.29. The largest absolute Gasteiger partial charge is 0.502 e. The van der Waals surface area contributed by atoms with Crippen LogP contribution in [0.4, 0.5) is 5.69 Å². The lowest BCUT2D eigenvalue weighted by Crippen LogP contribution is -2.48. The van der Waals surface area contributed by atoms with E-state index in [0.717, 1.165) is 24.0 Å². The summed E-state index contributed by atoms with van der Waals surface area (Å²) < 4.78 is 11.6. The van der Waals surface area contributed by atoms with Crippen LogP contribution in [0.5, 0.6) is 5.75 Å². The molecule has 1 aliphatic rings. The lowest BCUT2D eigenvalue weighted by molar-refractivity contribution is 0.181. The molecule has 0 saturated heterocycles. The second kappa shape index (κ2) is 7.90.